The number of methoxy groups -OCH3 is 1. The molecule has 13 heteroatoms. The van der Waals surface area contributed by atoms with E-state index in [-0.39, 0.29) is 11.6 Å². The number of aliphatic hydroxyl groups is 1. The van der Waals surface area contributed by atoms with Gasteiger partial charge in [-0.2, -0.15) is 0 Å². The maximum Gasteiger partial charge on any atom is 0.338 e. The van der Waals surface area contributed by atoms with E-state index in [1.165, 1.54) is 55.6 Å². The molecule has 0 amide bonds. The molecule has 0 spiro atoms. The number of rotatable bonds is 8. The first-order valence-electron chi connectivity index (χ1n) is 36.9. The minimum atomic E-state index is -1.81. The zero-order valence-corrected chi connectivity index (χ0v) is 59.9. The molecule has 23 rings (SSSR count). The highest BCUT2D eigenvalue weighted by Gasteiger charge is 2.49. The largest absolute Gasteiger partial charge is 0.465 e. The summed E-state index contributed by atoms with van der Waals surface area (Å²) in [7, 11) is 1.39. The van der Waals surface area contributed by atoms with Gasteiger partial charge in [0.2, 0.25) is 0 Å². The maximum atomic E-state index is 14.3. The average Bonchev–Trinajstić information content (AvgIpc) is 1.50. The molecule has 16 aromatic carbocycles. The topological polar surface area (TPSA) is 125 Å². The van der Waals surface area contributed by atoms with Crippen molar-refractivity contribution in [2.45, 2.75) is 11.0 Å². The van der Waals surface area contributed by atoms with Gasteiger partial charge in [-0.15, -0.1) is 0 Å². The lowest BCUT2D eigenvalue weighted by Gasteiger charge is -2.33. The zero-order valence-electron chi connectivity index (χ0n) is 59.9. The van der Waals surface area contributed by atoms with E-state index < -0.39 is 28.6 Å². The van der Waals surface area contributed by atoms with E-state index in [2.05, 4.69) is 36.4 Å². The molecular weight excluding hydrogens is 1420 g/mol. The fourth-order valence-electron chi connectivity index (χ4n) is 17.5. The van der Waals surface area contributed by atoms with Crippen molar-refractivity contribution in [3.8, 4) is 33.4 Å². The minimum Gasteiger partial charge on any atom is -0.465 e. The van der Waals surface area contributed by atoms with Crippen molar-refractivity contribution in [1.29, 1.82) is 0 Å². The van der Waals surface area contributed by atoms with Gasteiger partial charge >= 0.3 is 5.97 Å². The first kappa shape index (κ1) is 66.7. The van der Waals surface area contributed by atoms with Crippen LogP contribution in [0.4, 0.5) is 17.6 Å². The summed E-state index contributed by atoms with van der Waals surface area (Å²) < 4.78 is 101. The van der Waals surface area contributed by atoms with Crippen LogP contribution in [0.15, 0.2) is 354 Å². The van der Waals surface area contributed by atoms with E-state index in [9.17, 15) is 27.5 Å². The summed E-state index contributed by atoms with van der Waals surface area (Å²) in [5.41, 5.74) is 16.2. The number of halogens is 4. The molecular formula is C100H58F4O9. The summed E-state index contributed by atoms with van der Waals surface area (Å²) >= 11 is 0. The van der Waals surface area contributed by atoms with E-state index in [4.69, 9.17) is 31.2 Å². The number of carbonyl (C=O) groups excluding carboxylic acids is 1. The Morgan fingerprint density at radius 2 is 0.575 bits per heavy atom. The Kier molecular flexibility index (Phi) is 15.2. The molecule has 0 fully saturated rings. The monoisotopic (exact) mass is 1480 g/mol. The maximum absolute atomic E-state index is 14.3. The number of ether oxygens (including phenoxy) is 1. The molecule has 1 aliphatic rings. The molecule has 6 aromatic heterocycles. The predicted molar refractivity (Wildman–Crippen MR) is 437 cm³/mol. The number of hydrogen-bond donors (Lipinski definition) is 1. The number of furan rings is 6. The predicted octanol–water partition coefficient (Wildman–Crippen LogP) is 26.8. The van der Waals surface area contributed by atoms with Gasteiger partial charge < -0.3 is 36.3 Å². The van der Waals surface area contributed by atoms with E-state index in [0.717, 1.165) is 154 Å². The molecule has 0 saturated heterocycles. The Morgan fingerprint density at radius 3 is 0.938 bits per heavy atom. The molecule has 113 heavy (non-hydrogen) atoms. The molecule has 0 saturated carbocycles. The highest BCUT2D eigenvalue weighted by Crippen LogP contribution is 2.61. The molecule has 0 radical (unpaired) electrons. The fraction of sp³-hybridized carbons (Fsp3) is 0.0300. The van der Waals surface area contributed by atoms with Gasteiger partial charge in [0.15, 0.2) is 0 Å². The second kappa shape index (κ2) is 25.8. The van der Waals surface area contributed by atoms with E-state index in [1.54, 1.807) is 30.3 Å². The summed E-state index contributed by atoms with van der Waals surface area (Å²) in [5.74, 6) is -1.91. The SMILES string of the molecule is COC(=O)c1ccc2c(oc3ccccc32)c1-c1cccc2c1oc1ccccc12.Fc1ccc(C2(c3ccc(F)cc3)c3ccc4c(oc5ccccc54)c3-c3c2ccc2c3oc3ccccc32)cc1.OC(c1ccc(F)cc1)(c1ccc(F)cc1)c1ccc2c(oc3ccccc32)c1-c1cccc2c1oc1ccccc12. The number of para-hydroxylation sites is 8. The van der Waals surface area contributed by atoms with Crippen LogP contribution >= 0.6 is 0 Å². The van der Waals surface area contributed by atoms with Crippen molar-refractivity contribution in [3.05, 3.63) is 395 Å². The van der Waals surface area contributed by atoms with E-state index in [1.807, 2.05) is 212 Å². The van der Waals surface area contributed by atoms with Crippen LogP contribution < -0.4 is 0 Å². The summed E-state index contributed by atoms with van der Waals surface area (Å²) in [5, 5.41) is 24.6. The normalized spacial score (nSPS) is 12.6. The van der Waals surface area contributed by atoms with Crippen LogP contribution in [0.2, 0.25) is 0 Å². The average molecular weight is 1480 g/mol. The first-order valence-corrected chi connectivity index (χ1v) is 36.9. The lowest BCUT2D eigenvalue weighted by atomic mass is 9.67. The highest BCUT2D eigenvalue weighted by atomic mass is 19.1. The van der Waals surface area contributed by atoms with E-state index in [0.29, 0.717) is 55.7 Å². The van der Waals surface area contributed by atoms with Gasteiger partial charge in [0.05, 0.1) is 18.1 Å². The Balaban J connectivity index is 0.000000108. The lowest BCUT2D eigenvalue weighted by molar-refractivity contribution is 0.0601. The second-order valence-electron chi connectivity index (χ2n) is 28.4. The highest BCUT2D eigenvalue weighted by molar-refractivity contribution is 6.21. The molecule has 1 aliphatic carbocycles. The molecule has 540 valence electrons. The van der Waals surface area contributed by atoms with Crippen LogP contribution in [0.5, 0.6) is 0 Å². The van der Waals surface area contributed by atoms with Gasteiger partial charge in [0.25, 0.3) is 0 Å². The summed E-state index contributed by atoms with van der Waals surface area (Å²) in [4.78, 5) is 12.7. The molecule has 1 N–H and O–H groups in total. The summed E-state index contributed by atoms with van der Waals surface area (Å²) in [6, 6.07) is 100.0. The number of esters is 1. The Bertz CT molecular complexity index is 7410. The second-order valence-corrected chi connectivity index (χ2v) is 28.4. The Morgan fingerprint density at radius 1 is 0.292 bits per heavy atom. The van der Waals surface area contributed by atoms with Gasteiger partial charge in [-0.05, 0) is 130 Å². The molecule has 0 aliphatic heterocycles. The smallest absolute Gasteiger partial charge is 0.338 e. The number of hydrogen-bond acceptors (Lipinski definition) is 9. The zero-order chi connectivity index (χ0) is 76.0. The summed E-state index contributed by atoms with van der Waals surface area (Å²) in [6.07, 6.45) is 0. The minimum absolute atomic E-state index is 0.318. The van der Waals surface area contributed by atoms with Crippen LogP contribution in [-0.4, -0.2) is 18.2 Å². The van der Waals surface area contributed by atoms with Crippen LogP contribution in [0.25, 0.3) is 165 Å². The van der Waals surface area contributed by atoms with Crippen molar-refractivity contribution in [1.82, 2.24) is 0 Å². The van der Waals surface area contributed by atoms with Crippen LogP contribution in [0, 0.1) is 23.3 Å². The number of benzene rings is 16. The van der Waals surface area contributed by atoms with E-state index >= 15 is 0 Å². The molecule has 0 atom stereocenters. The standard InChI is InChI=1S/C37H22F2O3.C37H20F2O2.C26H16O4/c38-24-16-12-22(13-17-24)37(40,23-14-18-25(39)19-15-23)31-21-20-29-27-7-2-4-11-33(27)42-36(29)34(31)30-9-5-8-28-26-6-1-3-10-32(26)41-35(28)30;38-23-13-9-21(10-14-23)37(22-11-15-24(39)16-12-22)29-19-17-27-25-5-1-3-7-31(25)40-35(27)33(29)34-30(37)20-18-28-26-6-2-4-8-32(26)41-36(28)34;1-28-26(27)20-14-13-18-16-8-3-5-12-22(16)30-25(18)23(20)19-10-6-9-17-15-7-2-4-11-21(15)29-24(17)19/h1-21,40H;1-20H;2-14H,1H3. The molecule has 0 bridgehead atoms. The Hall–Kier alpha value is -14.5. The van der Waals surface area contributed by atoms with Gasteiger partial charge in [0, 0.05) is 104 Å². The van der Waals surface area contributed by atoms with Gasteiger partial charge in [-0.1, -0.05) is 231 Å². The quantitative estimate of drug-likeness (QED) is 0.0899. The molecule has 6 heterocycles. The molecule has 22 aromatic rings. The van der Waals surface area contributed by atoms with Crippen molar-refractivity contribution in [2.24, 2.45) is 0 Å². The molecule has 0 unspecified atom stereocenters. The third-order valence-electron chi connectivity index (χ3n) is 22.5. The number of carbonyl (C=O) groups is 1. The van der Waals surface area contributed by atoms with Crippen LogP contribution in [0.3, 0.4) is 0 Å². The van der Waals surface area contributed by atoms with Crippen molar-refractivity contribution in [3.63, 3.8) is 0 Å². The van der Waals surface area contributed by atoms with Crippen molar-refractivity contribution in [2.75, 3.05) is 7.11 Å². The van der Waals surface area contributed by atoms with Crippen molar-refractivity contribution < 1.29 is 58.7 Å². The van der Waals surface area contributed by atoms with Gasteiger partial charge in [-0.3, -0.25) is 0 Å². The number of fused-ring (bicyclic) bond motifs is 23. The fourth-order valence-corrected chi connectivity index (χ4v) is 17.5. The first-order chi connectivity index (χ1) is 55.4. The third-order valence-corrected chi connectivity index (χ3v) is 22.5. The van der Waals surface area contributed by atoms with Gasteiger partial charge in [-0.25, -0.2) is 22.4 Å². The van der Waals surface area contributed by atoms with Crippen LogP contribution in [-0.2, 0) is 15.8 Å². The third kappa shape index (κ3) is 10.2. The Labute approximate surface area is 639 Å². The van der Waals surface area contributed by atoms with Crippen molar-refractivity contribution >= 4 is 138 Å². The summed E-state index contributed by atoms with van der Waals surface area (Å²) in [6.45, 7) is 0. The van der Waals surface area contributed by atoms with Gasteiger partial charge in [0.1, 0.15) is 95.9 Å². The molecule has 9 nitrogen and oxygen atoms in total. The lowest BCUT2D eigenvalue weighted by Crippen LogP contribution is -2.29. The van der Waals surface area contributed by atoms with Crippen LogP contribution in [0.1, 0.15) is 49.3 Å².